The van der Waals surface area contributed by atoms with E-state index in [2.05, 4.69) is 0 Å². The van der Waals surface area contributed by atoms with Crippen LogP contribution in [0.15, 0.2) is 0 Å². The summed E-state index contributed by atoms with van der Waals surface area (Å²) < 4.78 is 0. The topological polar surface area (TPSA) is 83.6 Å². The number of aliphatic carboxylic acids is 1. The normalized spacial score (nSPS) is 22.5. The van der Waals surface area contributed by atoms with Crippen molar-refractivity contribution >= 4 is 23.6 Å². The van der Waals surface area contributed by atoms with Crippen molar-refractivity contribution in [1.29, 1.82) is 0 Å². The highest BCUT2D eigenvalue weighted by Gasteiger charge is 2.37. The van der Waals surface area contributed by atoms with Crippen molar-refractivity contribution < 1.29 is 14.7 Å². The molecule has 0 aliphatic carbocycles. The third-order valence-electron chi connectivity index (χ3n) is 2.83. The highest BCUT2D eigenvalue weighted by molar-refractivity contribution is 7.99. The van der Waals surface area contributed by atoms with Crippen LogP contribution in [-0.2, 0) is 9.59 Å². The number of rotatable bonds is 4. The van der Waals surface area contributed by atoms with Crippen LogP contribution in [0.2, 0.25) is 0 Å². The van der Waals surface area contributed by atoms with Crippen LogP contribution in [0.4, 0.5) is 0 Å². The average Bonchev–Trinajstić information content (AvgIpc) is 2.65. The maximum Gasteiger partial charge on any atom is 0.327 e. The fourth-order valence-electron chi connectivity index (χ4n) is 1.74. The molecule has 0 aromatic heterocycles. The molecule has 6 heteroatoms. The molecule has 1 aliphatic rings. The molecule has 1 unspecified atom stereocenters. The van der Waals surface area contributed by atoms with Crippen LogP contribution in [-0.4, -0.2) is 46.1 Å². The molecule has 1 rings (SSSR count). The molecule has 5 nitrogen and oxygen atoms in total. The predicted molar refractivity (Wildman–Crippen MR) is 63.0 cm³/mol. The number of thioether (sulfide) groups is 1. The molecule has 16 heavy (non-hydrogen) atoms. The van der Waals surface area contributed by atoms with Crippen molar-refractivity contribution in [3.8, 4) is 0 Å². The van der Waals surface area contributed by atoms with Gasteiger partial charge in [0.05, 0.1) is 11.8 Å². The first-order valence-corrected chi connectivity index (χ1v) is 6.45. The molecule has 0 radical (unpaired) electrons. The summed E-state index contributed by atoms with van der Waals surface area (Å²) in [6.45, 7) is 4.12. The van der Waals surface area contributed by atoms with Crippen molar-refractivity contribution in [3.63, 3.8) is 0 Å². The Morgan fingerprint density at radius 1 is 1.56 bits per heavy atom. The van der Waals surface area contributed by atoms with Gasteiger partial charge in [0.2, 0.25) is 5.91 Å². The quantitative estimate of drug-likeness (QED) is 0.740. The molecule has 1 heterocycles. The molecule has 1 saturated heterocycles. The van der Waals surface area contributed by atoms with E-state index in [1.54, 1.807) is 0 Å². The van der Waals surface area contributed by atoms with Gasteiger partial charge < -0.3 is 15.7 Å². The summed E-state index contributed by atoms with van der Waals surface area (Å²) >= 11 is 1.47. The Balaban J connectivity index is 2.75. The Bertz CT molecular complexity index is 283. The summed E-state index contributed by atoms with van der Waals surface area (Å²) in [6.07, 6.45) is 0. The lowest BCUT2D eigenvalue weighted by atomic mass is 9.94. The van der Waals surface area contributed by atoms with Gasteiger partial charge in [-0.25, -0.2) is 4.79 Å². The SMILES string of the molecule is CC(C)C(CN)C(=O)N1CSC[C@H]1C(=O)O. The first-order chi connectivity index (χ1) is 7.49. The molecule has 0 saturated carbocycles. The second kappa shape index (κ2) is 5.54. The van der Waals surface area contributed by atoms with Gasteiger partial charge in [-0.1, -0.05) is 13.8 Å². The standard InChI is InChI=1S/C10H18N2O3S/c1-6(2)7(3-11)9(13)12-5-16-4-8(12)10(14)15/h6-8H,3-5,11H2,1-2H3,(H,14,15)/t7?,8-/m0/s1. The van der Waals surface area contributed by atoms with E-state index in [0.717, 1.165) is 0 Å². The van der Waals surface area contributed by atoms with Crippen molar-refractivity contribution in [2.45, 2.75) is 19.9 Å². The zero-order chi connectivity index (χ0) is 12.3. The monoisotopic (exact) mass is 246 g/mol. The zero-order valence-corrected chi connectivity index (χ0v) is 10.4. The lowest BCUT2D eigenvalue weighted by molar-refractivity contribution is -0.149. The van der Waals surface area contributed by atoms with E-state index in [1.165, 1.54) is 16.7 Å². The molecular weight excluding hydrogens is 228 g/mol. The average molecular weight is 246 g/mol. The molecule has 0 spiro atoms. The van der Waals surface area contributed by atoms with E-state index in [4.69, 9.17) is 10.8 Å². The minimum absolute atomic E-state index is 0.130. The summed E-state index contributed by atoms with van der Waals surface area (Å²) in [6, 6.07) is -0.690. The molecule has 3 N–H and O–H groups in total. The van der Waals surface area contributed by atoms with E-state index in [1.807, 2.05) is 13.8 Å². The number of nitrogens with zero attached hydrogens (tertiary/aromatic N) is 1. The summed E-state index contributed by atoms with van der Waals surface area (Å²) in [7, 11) is 0. The second-order valence-electron chi connectivity index (χ2n) is 4.25. The molecule has 1 fully saturated rings. The smallest absolute Gasteiger partial charge is 0.327 e. The van der Waals surface area contributed by atoms with E-state index >= 15 is 0 Å². The van der Waals surface area contributed by atoms with Crippen molar-refractivity contribution in [2.75, 3.05) is 18.2 Å². The predicted octanol–water partition coefficient (Wildman–Crippen LogP) is 0.203. The maximum atomic E-state index is 12.1. The van der Waals surface area contributed by atoms with Crippen molar-refractivity contribution in [3.05, 3.63) is 0 Å². The van der Waals surface area contributed by atoms with Gasteiger partial charge in [-0.3, -0.25) is 4.79 Å². The van der Waals surface area contributed by atoms with Gasteiger partial charge in [-0.2, -0.15) is 0 Å². The third-order valence-corrected chi connectivity index (χ3v) is 3.84. The van der Waals surface area contributed by atoms with Gasteiger partial charge in [0.15, 0.2) is 0 Å². The van der Waals surface area contributed by atoms with Crippen LogP contribution in [0, 0.1) is 11.8 Å². The summed E-state index contributed by atoms with van der Waals surface area (Å²) in [5.41, 5.74) is 5.56. The number of hydrogen-bond donors (Lipinski definition) is 2. The number of carbonyl (C=O) groups is 2. The summed E-state index contributed by atoms with van der Waals surface area (Å²) in [5, 5.41) is 8.99. The molecular formula is C10H18N2O3S. The fourth-order valence-corrected chi connectivity index (χ4v) is 2.89. The van der Waals surface area contributed by atoms with E-state index < -0.39 is 12.0 Å². The minimum atomic E-state index is -0.933. The third kappa shape index (κ3) is 2.68. The van der Waals surface area contributed by atoms with Gasteiger partial charge in [0.1, 0.15) is 6.04 Å². The maximum absolute atomic E-state index is 12.1. The van der Waals surface area contributed by atoms with Crippen molar-refractivity contribution in [1.82, 2.24) is 4.90 Å². The van der Waals surface area contributed by atoms with Crippen LogP contribution in [0.3, 0.4) is 0 Å². The second-order valence-corrected chi connectivity index (χ2v) is 5.25. The minimum Gasteiger partial charge on any atom is -0.480 e. The van der Waals surface area contributed by atoms with Gasteiger partial charge >= 0.3 is 5.97 Å². The lowest BCUT2D eigenvalue weighted by Crippen LogP contribution is -2.47. The summed E-state index contributed by atoms with van der Waals surface area (Å²) in [5.74, 6) is -0.277. The van der Waals surface area contributed by atoms with E-state index in [9.17, 15) is 9.59 Å². The Morgan fingerprint density at radius 3 is 2.62 bits per heavy atom. The highest BCUT2D eigenvalue weighted by atomic mass is 32.2. The molecule has 0 aromatic rings. The largest absolute Gasteiger partial charge is 0.480 e. The van der Waals surface area contributed by atoms with Gasteiger partial charge in [0.25, 0.3) is 0 Å². The molecule has 1 amide bonds. The first-order valence-electron chi connectivity index (χ1n) is 5.30. The molecule has 2 atom stereocenters. The Kier molecular flexibility index (Phi) is 4.61. The molecule has 92 valence electrons. The fraction of sp³-hybridized carbons (Fsp3) is 0.800. The lowest BCUT2D eigenvalue weighted by Gasteiger charge is -2.27. The van der Waals surface area contributed by atoms with E-state index in [0.29, 0.717) is 11.6 Å². The molecule has 1 aliphatic heterocycles. The number of carbonyl (C=O) groups excluding carboxylic acids is 1. The Labute approximate surface area is 99.4 Å². The number of amides is 1. The van der Waals surface area contributed by atoms with Gasteiger partial charge in [-0.05, 0) is 5.92 Å². The van der Waals surface area contributed by atoms with Crippen LogP contribution in [0.1, 0.15) is 13.8 Å². The summed E-state index contributed by atoms with van der Waals surface area (Å²) in [4.78, 5) is 24.5. The van der Waals surface area contributed by atoms with Crippen molar-refractivity contribution in [2.24, 2.45) is 17.6 Å². The number of carboxylic acids is 1. The van der Waals surface area contributed by atoms with Gasteiger partial charge in [-0.15, -0.1) is 11.8 Å². The number of hydrogen-bond acceptors (Lipinski definition) is 4. The Morgan fingerprint density at radius 2 is 2.19 bits per heavy atom. The van der Waals surface area contributed by atoms with Crippen LogP contribution < -0.4 is 5.73 Å². The number of carboxylic acid groups (broad SMARTS) is 1. The van der Waals surface area contributed by atoms with E-state index in [-0.39, 0.29) is 24.3 Å². The van der Waals surface area contributed by atoms with Gasteiger partial charge in [0, 0.05) is 12.3 Å². The number of nitrogens with two attached hydrogens (primary N) is 1. The Hall–Kier alpha value is -0.750. The highest BCUT2D eigenvalue weighted by Crippen LogP contribution is 2.25. The molecule has 0 aromatic carbocycles. The van der Waals surface area contributed by atoms with Crippen LogP contribution in [0.5, 0.6) is 0 Å². The van der Waals surface area contributed by atoms with Crippen LogP contribution >= 0.6 is 11.8 Å². The molecule has 0 bridgehead atoms. The first kappa shape index (κ1) is 13.3. The van der Waals surface area contributed by atoms with Crippen LogP contribution in [0.25, 0.3) is 0 Å². The zero-order valence-electron chi connectivity index (χ0n) is 9.55.